The Morgan fingerprint density at radius 3 is 2.69 bits per heavy atom. The van der Waals surface area contributed by atoms with E-state index in [1.807, 2.05) is 6.07 Å². The molecule has 166 valence electrons. The number of furan rings is 1. The van der Waals surface area contributed by atoms with Gasteiger partial charge in [-0.15, -0.1) is 0 Å². The first-order chi connectivity index (χ1) is 15.5. The molecule has 0 saturated carbocycles. The topological polar surface area (TPSA) is 53.8 Å². The second-order valence-electron chi connectivity index (χ2n) is 7.97. The number of hydrogen-bond donors (Lipinski definition) is 0. The van der Waals surface area contributed by atoms with Crippen molar-refractivity contribution in [3.63, 3.8) is 0 Å². The van der Waals surface area contributed by atoms with Crippen molar-refractivity contribution in [2.75, 3.05) is 26.2 Å². The van der Waals surface area contributed by atoms with Gasteiger partial charge >= 0.3 is 0 Å². The van der Waals surface area contributed by atoms with Gasteiger partial charge in [-0.2, -0.15) is 15.6 Å². The molecule has 8 heteroatoms. The van der Waals surface area contributed by atoms with Gasteiger partial charge in [-0.05, 0) is 77.3 Å². The van der Waals surface area contributed by atoms with Crippen molar-refractivity contribution in [3.05, 3.63) is 76.9 Å². The number of benzene rings is 2. The van der Waals surface area contributed by atoms with Crippen LogP contribution in [-0.4, -0.2) is 43.8 Å². The van der Waals surface area contributed by atoms with Crippen LogP contribution in [0.3, 0.4) is 0 Å². The first-order valence-electron chi connectivity index (χ1n) is 10.5. The van der Waals surface area contributed by atoms with Crippen molar-refractivity contribution >= 4 is 32.3 Å². The van der Waals surface area contributed by atoms with Crippen LogP contribution in [0.4, 0.5) is 4.39 Å². The number of sulfonamides is 1. The molecule has 3 heterocycles. The molecule has 0 radical (unpaired) electrons. The normalized spacial score (nSPS) is 16.4. The van der Waals surface area contributed by atoms with E-state index in [1.54, 1.807) is 11.3 Å². The molecule has 1 aliphatic heterocycles. The van der Waals surface area contributed by atoms with E-state index in [9.17, 15) is 12.8 Å². The molecule has 5 rings (SSSR count). The van der Waals surface area contributed by atoms with Gasteiger partial charge in [0.2, 0.25) is 10.0 Å². The highest BCUT2D eigenvalue weighted by Gasteiger charge is 2.27. The number of hydrogen-bond acceptors (Lipinski definition) is 5. The molecule has 1 fully saturated rings. The van der Waals surface area contributed by atoms with Crippen LogP contribution in [-0.2, 0) is 16.6 Å². The predicted octanol–water partition coefficient (Wildman–Crippen LogP) is 5.20. The number of fused-ring (bicyclic) bond motifs is 1. The van der Waals surface area contributed by atoms with Crippen LogP contribution in [0.2, 0.25) is 0 Å². The van der Waals surface area contributed by atoms with Crippen molar-refractivity contribution in [2.45, 2.75) is 17.9 Å². The third-order valence-corrected chi connectivity index (χ3v) is 8.36. The smallest absolute Gasteiger partial charge is 0.243 e. The Labute approximate surface area is 190 Å². The van der Waals surface area contributed by atoms with E-state index < -0.39 is 15.8 Å². The minimum atomic E-state index is -3.71. The fourth-order valence-corrected chi connectivity index (χ4v) is 6.29. The standard InChI is InChI=1S/C24H23FN2O3S2/c25-21-3-1-4-23(15-21)32(28,29)27-9-2-8-26(10-11-27)16-22-14-20-13-18(5-6-24(20)30-22)19-7-12-31-17-19/h1,3-7,12-15,17H,2,8-11,16H2. The fourth-order valence-electron chi connectivity index (χ4n) is 4.13. The second kappa shape index (κ2) is 8.78. The summed E-state index contributed by atoms with van der Waals surface area (Å²) in [5.41, 5.74) is 3.22. The van der Waals surface area contributed by atoms with Crippen molar-refractivity contribution in [3.8, 4) is 11.1 Å². The molecule has 0 atom stereocenters. The summed E-state index contributed by atoms with van der Waals surface area (Å²) in [6, 6.07) is 15.6. The summed E-state index contributed by atoms with van der Waals surface area (Å²) in [7, 11) is -3.71. The van der Waals surface area contributed by atoms with Crippen molar-refractivity contribution in [1.82, 2.24) is 9.21 Å². The van der Waals surface area contributed by atoms with Crippen LogP contribution in [0.15, 0.2) is 74.7 Å². The van der Waals surface area contributed by atoms with Crippen LogP contribution < -0.4 is 0 Å². The first kappa shape index (κ1) is 21.3. The Morgan fingerprint density at radius 1 is 0.969 bits per heavy atom. The van der Waals surface area contributed by atoms with Crippen molar-refractivity contribution < 1.29 is 17.2 Å². The van der Waals surface area contributed by atoms with Gasteiger partial charge < -0.3 is 4.42 Å². The summed E-state index contributed by atoms with van der Waals surface area (Å²) in [5.74, 6) is 0.318. The van der Waals surface area contributed by atoms with Gasteiger partial charge in [-0.1, -0.05) is 12.1 Å². The molecular weight excluding hydrogens is 447 g/mol. The van der Waals surface area contributed by atoms with Gasteiger partial charge in [0.05, 0.1) is 11.4 Å². The molecule has 32 heavy (non-hydrogen) atoms. The summed E-state index contributed by atoms with van der Waals surface area (Å²) in [6.07, 6.45) is 0.705. The van der Waals surface area contributed by atoms with E-state index in [0.29, 0.717) is 32.6 Å². The Hall–Kier alpha value is -2.52. The van der Waals surface area contributed by atoms with Gasteiger partial charge in [0.25, 0.3) is 0 Å². The molecule has 0 N–H and O–H groups in total. The molecule has 4 aromatic rings. The Kier molecular flexibility index (Phi) is 5.86. The lowest BCUT2D eigenvalue weighted by molar-refractivity contribution is 0.258. The van der Waals surface area contributed by atoms with Gasteiger partial charge in [0, 0.05) is 25.0 Å². The summed E-state index contributed by atoms with van der Waals surface area (Å²) in [5, 5.41) is 5.26. The quantitative estimate of drug-likeness (QED) is 0.402. The minimum absolute atomic E-state index is 0.00432. The van der Waals surface area contributed by atoms with E-state index in [4.69, 9.17) is 4.42 Å². The van der Waals surface area contributed by atoms with Crippen molar-refractivity contribution in [1.29, 1.82) is 0 Å². The van der Waals surface area contributed by atoms with Gasteiger partial charge in [0.1, 0.15) is 17.2 Å². The van der Waals surface area contributed by atoms with E-state index in [0.717, 1.165) is 29.3 Å². The zero-order valence-electron chi connectivity index (χ0n) is 17.4. The maximum atomic E-state index is 13.5. The number of rotatable bonds is 5. The van der Waals surface area contributed by atoms with Crippen LogP contribution in [0.1, 0.15) is 12.2 Å². The predicted molar refractivity (Wildman–Crippen MR) is 125 cm³/mol. The zero-order valence-corrected chi connectivity index (χ0v) is 19.0. The third-order valence-electron chi connectivity index (χ3n) is 5.78. The highest BCUT2D eigenvalue weighted by molar-refractivity contribution is 7.89. The largest absolute Gasteiger partial charge is 0.460 e. The second-order valence-corrected chi connectivity index (χ2v) is 10.7. The molecule has 0 aliphatic carbocycles. The zero-order chi connectivity index (χ0) is 22.1. The highest BCUT2D eigenvalue weighted by atomic mass is 32.2. The Balaban J connectivity index is 1.28. The number of thiophene rings is 1. The maximum absolute atomic E-state index is 13.5. The maximum Gasteiger partial charge on any atom is 0.243 e. The van der Waals surface area contributed by atoms with Crippen molar-refractivity contribution in [2.24, 2.45) is 0 Å². The molecule has 0 spiro atoms. The Bertz CT molecular complexity index is 1330. The van der Waals surface area contributed by atoms with Gasteiger partial charge in [0.15, 0.2) is 0 Å². The van der Waals surface area contributed by atoms with E-state index in [-0.39, 0.29) is 4.90 Å². The number of nitrogens with zero attached hydrogens (tertiary/aromatic N) is 2. The molecule has 1 saturated heterocycles. The van der Waals surface area contributed by atoms with Gasteiger partial charge in [-0.3, -0.25) is 4.90 Å². The molecule has 1 aliphatic rings. The molecule has 0 amide bonds. The lowest BCUT2D eigenvalue weighted by Gasteiger charge is -2.21. The van der Waals surface area contributed by atoms with Crippen LogP contribution >= 0.6 is 11.3 Å². The molecule has 0 unspecified atom stereocenters. The SMILES string of the molecule is O=S(=O)(c1cccc(F)c1)N1CCCN(Cc2cc3cc(-c4ccsc4)ccc3o2)CC1. The van der Waals surface area contributed by atoms with Crippen LogP contribution in [0.5, 0.6) is 0 Å². The molecular formula is C24H23FN2O3S2. The molecule has 0 bridgehead atoms. The van der Waals surface area contributed by atoms with E-state index in [1.165, 1.54) is 33.6 Å². The van der Waals surface area contributed by atoms with Crippen LogP contribution in [0.25, 0.3) is 22.1 Å². The lowest BCUT2D eigenvalue weighted by Crippen LogP contribution is -2.35. The Morgan fingerprint density at radius 2 is 1.88 bits per heavy atom. The monoisotopic (exact) mass is 470 g/mol. The highest BCUT2D eigenvalue weighted by Crippen LogP contribution is 2.29. The first-order valence-corrected chi connectivity index (χ1v) is 12.9. The summed E-state index contributed by atoms with van der Waals surface area (Å²) in [4.78, 5) is 2.21. The van der Waals surface area contributed by atoms with E-state index in [2.05, 4.69) is 39.9 Å². The third kappa shape index (κ3) is 4.36. The molecule has 2 aromatic carbocycles. The van der Waals surface area contributed by atoms with Gasteiger partial charge in [-0.25, -0.2) is 12.8 Å². The average molecular weight is 471 g/mol. The summed E-state index contributed by atoms with van der Waals surface area (Å²) < 4.78 is 46.9. The minimum Gasteiger partial charge on any atom is -0.460 e. The fraction of sp³-hybridized carbons (Fsp3) is 0.250. The summed E-state index contributed by atoms with van der Waals surface area (Å²) >= 11 is 1.68. The number of halogens is 1. The van der Waals surface area contributed by atoms with Crippen LogP contribution in [0, 0.1) is 5.82 Å². The average Bonchev–Trinajstić information content (AvgIpc) is 3.38. The molecule has 2 aromatic heterocycles. The van der Waals surface area contributed by atoms with E-state index >= 15 is 0 Å². The lowest BCUT2D eigenvalue weighted by atomic mass is 10.1. The summed E-state index contributed by atoms with van der Waals surface area (Å²) in [6.45, 7) is 2.76. The molecule has 5 nitrogen and oxygen atoms in total.